The number of nitrogens with zero attached hydrogens (tertiary/aromatic N) is 1. The Kier molecular flexibility index (Phi) is 11.0. The number of ketones is 1. The van der Waals surface area contributed by atoms with Gasteiger partial charge < -0.3 is 19.9 Å². The van der Waals surface area contributed by atoms with Gasteiger partial charge in [0.15, 0.2) is 12.4 Å². The van der Waals surface area contributed by atoms with Gasteiger partial charge >= 0.3 is 0 Å². The summed E-state index contributed by atoms with van der Waals surface area (Å²) >= 11 is 0. The first-order valence-corrected chi connectivity index (χ1v) is 19.6. The van der Waals surface area contributed by atoms with Gasteiger partial charge in [-0.1, -0.05) is 111 Å². The lowest BCUT2D eigenvalue weighted by Gasteiger charge is -2.35. The van der Waals surface area contributed by atoms with Crippen molar-refractivity contribution in [2.24, 2.45) is 23.2 Å². The molecule has 0 radical (unpaired) electrons. The molecule has 2 fully saturated rings. The highest BCUT2D eigenvalue weighted by atomic mass is 16.5. The molecule has 1 amide bonds. The molecule has 0 heterocycles. The molecule has 7 nitrogen and oxygen atoms in total. The predicted molar refractivity (Wildman–Crippen MR) is 215 cm³/mol. The lowest BCUT2D eigenvalue weighted by molar-refractivity contribution is -0.124. The van der Waals surface area contributed by atoms with Crippen LogP contribution in [-0.4, -0.2) is 35.5 Å². The minimum Gasteiger partial charge on any atom is -0.512 e. The molecule has 0 saturated heterocycles. The standard InChI is InChI=1S/C48H50N2O5/c1-4-25-54-39-20-22-41(45(52)38-13-9-6-10-14-38)43(27-39)55-30-44(51)50-47(31-49)24-23-34(28-47)26-32(2)40-21-15-33(3)48(46(40)53)29-42(48)37-18-16-36(17-19-37)35-11-7-5-8-12-35/h4-14,16-20,22,27,32-34,42,53H,1,15,21,23-26,28-30H2,2-3H3,(H,50,51). The molecule has 2 saturated carbocycles. The van der Waals surface area contributed by atoms with Crippen molar-refractivity contribution in [2.45, 2.75) is 70.3 Å². The van der Waals surface area contributed by atoms with Gasteiger partial charge in [0.1, 0.15) is 23.6 Å². The number of hydrogen-bond donors (Lipinski definition) is 2. The molecule has 1 spiro atoms. The Labute approximate surface area is 324 Å². The number of carbonyl (C=O) groups is 2. The quantitative estimate of drug-likeness (QED) is 0.0986. The Morgan fingerprint density at radius 3 is 2.38 bits per heavy atom. The molecule has 3 aliphatic carbocycles. The summed E-state index contributed by atoms with van der Waals surface area (Å²) in [5, 5.41) is 25.3. The second-order valence-corrected chi connectivity index (χ2v) is 15.8. The number of benzene rings is 4. The number of allylic oxidation sites excluding steroid dienone is 2. The Balaban J connectivity index is 0.984. The van der Waals surface area contributed by atoms with Crippen molar-refractivity contribution >= 4 is 11.7 Å². The molecule has 4 aromatic rings. The van der Waals surface area contributed by atoms with E-state index >= 15 is 0 Å². The number of nitrogens with one attached hydrogen (secondary N) is 1. The highest BCUT2D eigenvalue weighted by Gasteiger charge is 2.62. The first-order chi connectivity index (χ1) is 26.7. The van der Waals surface area contributed by atoms with E-state index in [0.29, 0.717) is 47.3 Å². The van der Waals surface area contributed by atoms with Gasteiger partial charge in [0, 0.05) is 17.0 Å². The van der Waals surface area contributed by atoms with Crippen LogP contribution in [0.3, 0.4) is 0 Å². The second kappa shape index (κ2) is 16.0. The summed E-state index contributed by atoms with van der Waals surface area (Å²) in [6.45, 7) is 8.10. The first kappa shape index (κ1) is 37.7. The van der Waals surface area contributed by atoms with E-state index in [0.717, 1.165) is 37.7 Å². The zero-order valence-electron chi connectivity index (χ0n) is 31.8. The van der Waals surface area contributed by atoms with E-state index in [1.54, 1.807) is 48.5 Å². The molecule has 0 bridgehead atoms. The van der Waals surface area contributed by atoms with Gasteiger partial charge in [-0.05, 0) is 103 Å². The Hall–Kier alpha value is -5.61. The molecule has 2 N–H and O–H groups in total. The summed E-state index contributed by atoms with van der Waals surface area (Å²) in [4.78, 5) is 26.7. The summed E-state index contributed by atoms with van der Waals surface area (Å²) in [6.07, 6.45) is 7.25. The van der Waals surface area contributed by atoms with Crippen molar-refractivity contribution < 1.29 is 24.2 Å². The minimum atomic E-state index is -1.01. The number of hydrogen-bond acceptors (Lipinski definition) is 6. The summed E-state index contributed by atoms with van der Waals surface area (Å²) in [5.41, 5.74) is 4.44. The monoisotopic (exact) mass is 734 g/mol. The maximum atomic E-state index is 13.4. The average Bonchev–Trinajstić information content (AvgIpc) is 3.85. The lowest BCUT2D eigenvalue weighted by Crippen LogP contribution is -2.47. The van der Waals surface area contributed by atoms with Crippen molar-refractivity contribution in [3.63, 3.8) is 0 Å². The fourth-order valence-electron chi connectivity index (χ4n) is 9.28. The largest absolute Gasteiger partial charge is 0.512 e. The summed E-state index contributed by atoms with van der Waals surface area (Å²) < 4.78 is 11.6. The highest BCUT2D eigenvalue weighted by molar-refractivity contribution is 6.10. The van der Waals surface area contributed by atoms with Gasteiger partial charge in [-0.15, -0.1) is 0 Å². The SMILES string of the molecule is C=CCOc1ccc(C(=O)c2ccccc2)c(OCC(=O)NC2(C#N)CCC(CC(C)C3=C(O)C4(CC4c4ccc(-c5ccccc5)cc4)C(C)CC3)C2)c1. The van der Waals surface area contributed by atoms with Crippen molar-refractivity contribution in [3.8, 4) is 28.7 Å². The molecule has 0 aliphatic heterocycles. The molecular formula is C48H50N2O5. The van der Waals surface area contributed by atoms with Gasteiger partial charge in [0.25, 0.3) is 5.91 Å². The van der Waals surface area contributed by atoms with Crippen molar-refractivity contribution in [2.75, 3.05) is 13.2 Å². The fraction of sp³-hybridized carbons (Fsp3) is 0.354. The highest BCUT2D eigenvalue weighted by Crippen LogP contribution is 2.70. The van der Waals surface area contributed by atoms with Gasteiger partial charge in [0.2, 0.25) is 0 Å². The summed E-state index contributed by atoms with van der Waals surface area (Å²) in [7, 11) is 0. The topological polar surface area (TPSA) is 109 Å². The average molecular weight is 735 g/mol. The van der Waals surface area contributed by atoms with Gasteiger partial charge in [-0.25, -0.2) is 0 Å². The first-order valence-electron chi connectivity index (χ1n) is 19.6. The third kappa shape index (κ3) is 7.82. The Bertz CT molecular complexity index is 2100. The van der Waals surface area contributed by atoms with Crippen LogP contribution in [0.2, 0.25) is 0 Å². The number of aliphatic hydroxyl groups excluding tert-OH is 1. The van der Waals surface area contributed by atoms with Crippen LogP contribution in [-0.2, 0) is 4.79 Å². The molecule has 6 atom stereocenters. The predicted octanol–water partition coefficient (Wildman–Crippen LogP) is 10.1. The Morgan fingerprint density at radius 2 is 1.67 bits per heavy atom. The van der Waals surface area contributed by atoms with Crippen molar-refractivity contribution in [1.82, 2.24) is 5.32 Å². The van der Waals surface area contributed by atoms with E-state index in [2.05, 4.69) is 80.3 Å². The molecule has 6 unspecified atom stereocenters. The molecule has 4 aromatic carbocycles. The van der Waals surface area contributed by atoms with Crippen LogP contribution in [0.15, 0.2) is 127 Å². The van der Waals surface area contributed by atoms with Gasteiger partial charge in [-0.3, -0.25) is 9.59 Å². The minimum absolute atomic E-state index is 0.167. The second-order valence-electron chi connectivity index (χ2n) is 15.8. The molecule has 7 heteroatoms. The number of rotatable bonds is 14. The van der Waals surface area contributed by atoms with Crippen LogP contribution in [0.4, 0.5) is 0 Å². The van der Waals surface area contributed by atoms with E-state index in [9.17, 15) is 20.0 Å². The maximum Gasteiger partial charge on any atom is 0.259 e. The van der Waals surface area contributed by atoms with Crippen LogP contribution in [0.25, 0.3) is 11.1 Å². The third-order valence-electron chi connectivity index (χ3n) is 12.3. The Morgan fingerprint density at radius 1 is 0.964 bits per heavy atom. The molecule has 55 heavy (non-hydrogen) atoms. The number of carbonyl (C=O) groups excluding carboxylic acids is 2. The van der Waals surface area contributed by atoms with E-state index in [-0.39, 0.29) is 42.0 Å². The fourth-order valence-corrected chi connectivity index (χ4v) is 9.28. The third-order valence-corrected chi connectivity index (χ3v) is 12.3. The number of ether oxygens (including phenoxy) is 2. The van der Waals surface area contributed by atoms with Crippen LogP contribution in [0, 0.1) is 34.5 Å². The zero-order valence-corrected chi connectivity index (χ0v) is 31.8. The smallest absolute Gasteiger partial charge is 0.259 e. The van der Waals surface area contributed by atoms with Crippen molar-refractivity contribution in [3.05, 3.63) is 144 Å². The number of amides is 1. The van der Waals surface area contributed by atoms with Crippen LogP contribution < -0.4 is 14.8 Å². The van der Waals surface area contributed by atoms with Crippen LogP contribution >= 0.6 is 0 Å². The maximum absolute atomic E-state index is 13.4. The number of aliphatic hydroxyl groups is 1. The van der Waals surface area contributed by atoms with Crippen LogP contribution in [0.1, 0.15) is 86.2 Å². The molecular weight excluding hydrogens is 685 g/mol. The van der Waals surface area contributed by atoms with Crippen LogP contribution in [0.5, 0.6) is 11.5 Å². The van der Waals surface area contributed by atoms with Gasteiger partial charge in [-0.2, -0.15) is 5.26 Å². The molecule has 282 valence electrons. The van der Waals surface area contributed by atoms with Crippen molar-refractivity contribution in [1.29, 1.82) is 5.26 Å². The van der Waals surface area contributed by atoms with E-state index in [1.807, 2.05) is 12.1 Å². The molecule has 0 aromatic heterocycles. The molecule has 7 rings (SSSR count). The zero-order chi connectivity index (χ0) is 38.6. The molecule has 3 aliphatic rings. The van der Waals surface area contributed by atoms with E-state index in [1.165, 1.54) is 16.7 Å². The van der Waals surface area contributed by atoms with E-state index < -0.39 is 11.4 Å². The summed E-state index contributed by atoms with van der Waals surface area (Å²) in [5.74, 6) is 1.73. The summed E-state index contributed by atoms with van der Waals surface area (Å²) in [6, 6.07) is 35.5. The number of nitriles is 1. The lowest BCUT2D eigenvalue weighted by atomic mass is 9.71. The normalized spacial score (nSPS) is 24.8. The van der Waals surface area contributed by atoms with Gasteiger partial charge in [0.05, 0.1) is 17.4 Å². The van der Waals surface area contributed by atoms with E-state index in [4.69, 9.17) is 9.47 Å².